The number of hydrogen-bond donors (Lipinski definition) is 1. The van der Waals surface area contributed by atoms with Crippen molar-refractivity contribution in [1.29, 1.82) is 0 Å². The molecule has 0 saturated carbocycles. The minimum absolute atomic E-state index is 0.00701. The topological polar surface area (TPSA) is 109 Å². The second-order valence-electron chi connectivity index (χ2n) is 6.93. The molecule has 1 aromatic heterocycles. The van der Waals surface area contributed by atoms with Gasteiger partial charge in [0.05, 0.1) is 29.5 Å². The molecular weight excluding hydrogens is 432 g/mol. The standard InChI is InChI=1S/C22H22N4O5S/c1-3-30-19-10-5-14(11-20(19)31-4-2)22(27)23-21-17-12-32-13-18(17)24-25(21)15-6-8-16(9-7-15)26(28)29/h5-11H,3-4,12-13H2,1-2H3,(H,23,27). The van der Waals surface area contributed by atoms with Gasteiger partial charge in [-0.3, -0.25) is 14.9 Å². The molecule has 3 aromatic rings. The summed E-state index contributed by atoms with van der Waals surface area (Å²) in [6.07, 6.45) is 0. The van der Waals surface area contributed by atoms with E-state index in [9.17, 15) is 14.9 Å². The molecular formula is C22H22N4O5S. The van der Waals surface area contributed by atoms with Crippen molar-refractivity contribution >= 4 is 29.2 Å². The van der Waals surface area contributed by atoms with Crippen LogP contribution in [0.5, 0.6) is 11.5 Å². The number of nitrogens with zero attached hydrogens (tertiary/aromatic N) is 3. The predicted molar refractivity (Wildman–Crippen MR) is 122 cm³/mol. The summed E-state index contributed by atoms with van der Waals surface area (Å²) in [4.78, 5) is 23.6. The lowest BCUT2D eigenvalue weighted by molar-refractivity contribution is -0.384. The zero-order valence-corrected chi connectivity index (χ0v) is 18.5. The molecule has 2 aromatic carbocycles. The molecule has 10 heteroatoms. The summed E-state index contributed by atoms with van der Waals surface area (Å²) in [5.74, 6) is 2.82. The fourth-order valence-corrected chi connectivity index (χ4v) is 4.45. The molecule has 0 radical (unpaired) electrons. The van der Waals surface area contributed by atoms with E-state index >= 15 is 0 Å². The Balaban J connectivity index is 1.66. The summed E-state index contributed by atoms with van der Waals surface area (Å²) in [5.41, 5.74) is 2.90. The largest absolute Gasteiger partial charge is 0.490 e. The van der Waals surface area contributed by atoms with Crippen molar-refractivity contribution in [3.8, 4) is 17.2 Å². The van der Waals surface area contributed by atoms with E-state index in [-0.39, 0.29) is 11.6 Å². The van der Waals surface area contributed by atoms with Crippen LogP contribution in [-0.4, -0.2) is 33.8 Å². The van der Waals surface area contributed by atoms with E-state index in [4.69, 9.17) is 9.47 Å². The van der Waals surface area contributed by atoms with Gasteiger partial charge in [0.2, 0.25) is 0 Å². The van der Waals surface area contributed by atoms with Crippen molar-refractivity contribution in [2.24, 2.45) is 0 Å². The number of rotatable bonds is 8. The van der Waals surface area contributed by atoms with E-state index in [0.29, 0.717) is 41.8 Å². The quantitative estimate of drug-likeness (QED) is 0.392. The van der Waals surface area contributed by atoms with Crippen molar-refractivity contribution in [2.45, 2.75) is 25.4 Å². The third-order valence-corrected chi connectivity index (χ3v) is 5.86. The number of ether oxygens (including phenoxy) is 2. The number of nitro benzene ring substituents is 1. The van der Waals surface area contributed by atoms with Crippen LogP contribution in [-0.2, 0) is 11.5 Å². The molecule has 1 aliphatic heterocycles. The molecule has 0 atom stereocenters. The number of anilines is 1. The smallest absolute Gasteiger partial charge is 0.269 e. The summed E-state index contributed by atoms with van der Waals surface area (Å²) in [7, 11) is 0. The van der Waals surface area contributed by atoms with Crippen LogP contribution in [0, 0.1) is 10.1 Å². The molecule has 166 valence electrons. The first-order valence-corrected chi connectivity index (χ1v) is 11.3. The highest BCUT2D eigenvalue weighted by Gasteiger charge is 2.25. The highest BCUT2D eigenvalue weighted by molar-refractivity contribution is 7.98. The van der Waals surface area contributed by atoms with Crippen LogP contribution in [0.4, 0.5) is 11.5 Å². The van der Waals surface area contributed by atoms with Crippen LogP contribution < -0.4 is 14.8 Å². The molecule has 1 aliphatic rings. The Morgan fingerprint density at radius 3 is 2.53 bits per heavy atom. The van der Waals surface area contributed by atoms with Crippen molar-refractivity contribution in [1.82, 2.24) is 9.78 Å². The van der Waals surface area contributed by atoms with Gasteiger partial charge in [0, 0.05) is 34.8 Å². The highest BCUT2D eigenvalue weighted by Crippen LogP contribution is 2.37. The Hall–Kier alpha value is -3.53. The van der Waals surface area contributed by atoms with Crippen LogP contribution in [0.2, 0.25) is 0 Å². The summed E-state index contributed by atoms with van der Waals surface area (Å²) in [5, 5.41) is 18.6. The van der Waals surface area contributed by atoms with E-state index in [1.54, 1.807) is 46.8 Å². The molecule has 9 nitrogen and oxygen atoms in total. The van der Waals surface area contributed by atoms with Crippen LogP contribution in [0.1, 0.15) is 35.5 Å². The minimum Gasteiger partial charge on any atom is -0.490 e. The molecule has 0 fully saturated rings. The van der Waals surface area contributed by atoms with Crippen LogP contribution >= 0.6 is 11.8 Å². The molecule has 0 unspecified atom stereocenters. The molecule has 2 heterocycles. The Kier molecular flexibility index (Phi) is 6.31. The number of amides is 1. The third kappa shape index (κ3) is 4.26. The van der Waals surface area contributed by atoms with Crippen molar-refractivity contribution < 1.29 is 19.2 Å². The normalized spacial score (nSPS) is 12.3. The second-order valence-corrected chi connectivity index (χ2v) is 7.92. The summed E-state index contributed by atoms with van der Waals surface area (Å²) >= 11 is 1.72. The molecule has 0 spiro atoms. The number of non-ortho nitro benzene ring substituents is 1. The second kappa shape index (κ2) is 9.31. The van der Waals surface area contributed by atoms with Gasteiger partial charge in [-0.15, -0.1) is 0 Å². The lowest BCUT2D eigenvalue weighted by atomic mass is 10.1. The Labute approximate surface area is 188 Å². The number of nitrogens with one attached hydrogen (secondary N) is 1. The summed E-state index contributed by atoms with van der Waals surface area (Å²) in [6, 6.07) is 11.1. The lowest BCUT2D eigenvalue weighted by Gasteiger charge is -2.14. The number of aromatic nitrogens is 2. The maximum absolute atomic E-state index is 13.1. The van der Waals surface area contributed by atoms with Gasteiger partial charge in [-0.05, 0) is 44.2 Å². The number of benzene rings is 2. The molecule has 1 N–H and O–H groups in total. The van der Waals surface area contributed by atoms with Crippen molar-refractivity contribution in [2.75, 3.05) is 18.5 Å². The van der Waals surface area contributed by atoms with E-state index in [0.717, 1.165) is 22.8 Å². The van der Waals surface area contributed by atoms with Gasteiger partial charge in [-0.1, -0.05) is 0 Å². The first-order chi connectivity index (χ1) is 15.5. The first kappa shape index (κ1) is 21.7. The van der Waals surface area contributed by atoms with Gasteiger partial charge in [-0.25, -0.2) is 4.68 Å². The number of carbonyl (C=O) groups excluding carboxylic acids is 1. The Morgan fingerprint density at radius 1 is 1.12 bits per heavy atom. The zero-order valence-electron chi connectivity index (χ0n) is 17.7. The summed E-state index contributed by atoms with van der Waals surface area (Å²) < 4.78 is 12.8. The number of nitro groups is 1. The van der Waals surface area contributed by atoms with Gasteiger partial charge in [0.15, 0.2) is 11.5 Å². The van der Waals surface area contributed by atoms with Crippen molar-refractivity contribution in [3.05, 3.63) is 69.4 Å². The van der Waals surface area contributed by atoms with Gasteiger partial charge in [0.1, 0.15) is 5.82 Å². The number of hydrogen-bond acceptors (Lipinski definition) is 7. The lowest BCUT2D eigenvalue weighted by Crippen LogP contribution is -2.16. The molecule has 0 aliphatic carbocycles. The Bertz CT molecular complexity index is 1160. The third-order valence-electron chi connectivity index (χ3n) is 4.89. The van der Waals surface area contributed by atoms with Gasteiger partial charge < -0.3 is 14.8 Å². The number of fused-ring (bicyclic) bond motifs is 1. The van der Waals surface area contributed by atoms with Gasteiger partial charge >= 0.3 is 0 Å². The average Bonchev–Trinajstić information content (AvgIpc) is 3.38. The van der Waals surface area contributed by atoms with E-state index in [2.05, 4.69) is 10.4 Å². The maximum atomic E-state index is 13.1. The average molecular weight is 455 g/mol. The maximum Gasteiger partial charge on any atom is 0.269 e. The van der Waals surface area contributed by atoms with E-state index in [1.165, 1.54) is 12.1 Å². The van der Waals surface area contributed by atoms with E-state index in [1.807, 2.05) is 13.8 Å². The Morgan fingerprint density at radius 2 is 1.84 bits per heavy atom. The molecule has 32 heavy (non-hydrogen) atoms. The van der Waals surface area contributed by atoms with Crippen molar-refractivity contribution in [3.63, 3.8) is 0 Å². The fraction of sp³-hybridized carbons (Fsp3) is 0.273. The zero-order chi connectivity index (χ0) is 22.7. The molecule has 4 rings (SSSR count). The van der Waals surface area contributed by atoms with Crippen LogP contribution in [0.3, 0.4) is 0 Å². The number of thioether (sulfide) groups is 1. The minimum atomic E-state index is -0.450. The highest BCUT2D eigenvalue weighted by atomic mass is 32.2. The number of carbonyl (C=O) groups is 1. The fourth-order valence-electron chi connectivity index (χ4n) is 3.42. The molecule has 0 bridgehead atoms. The SMILES string of the molecule is CCOc1ccc(C(=O)Nc2c3c(nn2-c2ccc([N+](=O)[O-])cc2)CSC3)cc1OCC. The van der Waals surface area contributed by atoms with Crippen LogP contribution in [0.15, 0.2) is 42.5 Å². The van der Waals surface area contributed by atoms with E-state index < -0.39 is 4.92 Å². The van der Waals surface area contributed by atoms with Crippen LogP contribution in [0.25, 0.3) is 5.69 Å². The molecule has 0 saturated heterocycles. The van der Waals surface area contributed by atoms with Gasteiger partial charge in [-0.2, -0.15) is 16.9 Å². The monoisotopic (exact) mass is 454 g/mol. The van der Waals surface area contributed by atoms with Gasteiger partial charge in [0.25, 0.3) is 11.6 Å². The predicted octanol–water partition coefficient (Wildman–Crippen LogP) is 4.58. The summed E-state index contributed by atoms with van der Waals surface area (Å²) in [6.45, 7) is 4.69. The molecule has 1 amide bonds. The first-order valence-electron chi connectivity index (χ1n) is 10.2.